The molecule has 0 spiro atoms. The largest absolute Gasteiger partial charge is 0.465 e. The molecule has 17 heavy (non-hydrogen) atoms. The van der Waals surface area contributed by atoms with Gasteiger partial charge in [-0.2, -0.15) is 0 Å². The summed E-state index contributed by atoms with van der Waals surface area (Å²) in [6.45, 7) is 5.06. The molecule has 5 heteroatoms. The fourth-order valence-corrected chi connectivity index (χ4v) is 1.59. The van der Waals surface area contributed by atoms with E-state index in [2.05, 4.69) is 40.1 Å². The monoisotopic (exact) mass is 300 g/mol. The highest BCUT2D eigenvalue weighted by atomic mass is 79.9. The second kappa shape index (κ2) is 6.59. The molecular formula is C12H17BrN2O2. The van der Waals surface area contributed by atoms with Gasteiger partial charge in [0.1, 0.15) is 11.4 Å². The van der Waals surface area contributed by atoms with Gasteiger partial charge >= 0.3 is 5.97 Å². The number of rotatable bonds is 5. The fourth-order valence-electron chi connectivity index (χ4n) is 1.26. The van der Waals surface area contributed by atoms with Crippen molar-refractivity contribution in [2.45, 2.75) is 20.3 Å². The van der Waals surface area contributed by atoms with Crippen LogP contribution in [0.4, 0.5) is 5.82 Å². The van der Waals surface area contributed by atoms with Gasteiger partial charge in [-0.25, -0.2) is 9.78 Å². The zero-order chi connectivity index (χ0) is 12.8. The van der Waals surface area contributed by atoms with Crippen LogP contribution in [0, 0.1) is 5.92 Å². The Hall–Kier alpha value is -1.10. The molecule has 94 valence electrons. The maximum absolute atomic E-state index is 11.6. The molecule has 0 aliphatic carbocycles. The Labute approximate surface area is 110 Å². The first kappa shape index (κ1) is 14.0. The molecule has 1 unspecified atom stereocenters. The number of carbonyl (C=O) groups is 1. The smallest absolute Gasteiger partial charge is 0.341 e. The summed E-state index contributed by atoms with van der Waals surface area (Å²) in [5, 5.41) is 3.17. The average Bonchev–Trinajstić information content (AvgIpc) is 2.35. The molecule has 0 saturated heterocycles. The van der Waals surface area contributed by atoms with Crippen molar-refractivity contribution in [3.8, 4) is 0 Å². The maximum atomic E-state index is 11.6. The van der Waals surface area contributed by atoms with E-state index in [1.54, 1.807) is 12.3 Å². The molecule has 0 aliphatic heterocycles. The molecule has 1 N–H and O–H groups in total. The molecule has 1 heterocycles. The van der Waals surface area contributed by atoms with E-state index in [4.69, 9.17) is 4.74 Å². The summed E-state index contributed by atoms with van der Waals surface area (Å²) in [7, 11) is 1.36. The Morgan fingerprint density at radius 1 is 1.65 bits per heavy atom. The number of esters is 1. The molecule has 0 amide bonds. The van der Waals surface area contributed by atoms with E-state index in [1.807, 2.05) is 0 Å². The van der Waals surface area contributed by atoms with E-state index in [1.165, 1.54) is 7.11 Å². The van der Waals surface area contributed by atoms with Crippen molar-refractivity contribution >= 4 is 27.7 Å². The Kier molecular flexibility index (Phi) is 5.41. The number of nitrogens with zero attached hydrogens (tertiary/aromatic N) is 1. The van der Waals surface area contributed by atoms with Gasteiger partial charge in [0.2, 0.25) is 0 Å². The first-order valence-corrected chi connectivity index (χ1v) is 6.35. The lowest BCUT2D eigenvalue weighted by Crippen LogP contribution is -2.15. The van der Waals surface area contributed by atoms with Crippen molar-refractivity contribution in [1.82, 2.24) is 4.98 Å². The summed E-state index contributed by atoms with van der Waals surface area (Å²) < 4.78 is 5.48. The molecule has 1 aromatic heterocycles. The Balaban J connectivity index is 2.86. The van der Waals surface area contributed by atoms with Gasteiger partial charge in [-0.15, -0.1) is 0 Å². The van der Waals surface area contributed by atoms with Gasteiger partial charge in [0.25, 0.3) is 0 Å². The zero-order valence-electron chi connectivity index (χ0n) is 10.3. The molecule has 4 nitrogen and oxygen atoms in total. The number of hydrogen-bond acceptors (Lipinski definition) is 4. The number of nitrogens with one attached hydrogen (secondary N) is 1. The van der Waals surface area contributed by atoms with Crippen LogP contribution in [0.1, 0.15) is 30.6 Å². The molecule has 1 aromatic rings. The third-order valence-electron chi connectivity index (χ3n) is 2.57. The van der Waals surface area contributed by atoms with E-state index in [9.17, 15) is 4.79 Å². The van der Waals surface area contributed by atoms with Crippen molar-refractivity contribution in [3.63, 3.8) is 0 Å². The number of pyridine rings is 1. The quantitative estimate of drug-likeness (QED) is 0.849. The van der Waals surface area contributed by atoms with Crippen LogP contribution in [-0.4, -0.2) is 24.6 Å². The zero-order valence-corrected chi connectivity index (χ0v) is 11.9. The number of carbonyl (C=O) groups excluding carboxylic acids is 1. The highest BCUT2D eigenvalue weighted by molar-refractivity contribution is 9.10. The number of anilines is 1. The predicted molar refractivity (Wildman–Crippen MR) is 71.2 cm³/mol. The van der Waals surface area contributed by atoms with E-state index >= 15 is 0 Å². The maximum Gasteiger partial charge on any atom is 0.341 e. The summed E-state index contributed by atoms with van der Waals surface area (Å²) in [5.41, 5.74) is 0.449. The third kappa shape index (κ3) is 4.00. The van der Waals surface area contributed by atoms with Crippen LogP contribution in [0.5, 0.6) is 0 Å². The molecule has 1 atom stereocenters. The first-order valence-electron chi connectivity index (χ1n) is 5.56. The molecule has 0 radical (unpaired) electrons. The summed E-state index contributed by atoms with van der Waals surface area (Å²) in [6.07, 6.45) is 2.74. The van der Waals surface area contributed by atoms with Crippen molar-refractivity contribution in [3.05, 3.63) is 22.3 Å². The Bertz CT molecular complexity index is 396. The number of aromatic nitrogens is 1. The van der Waals surface area contributed by atoms with Crippen LogP contribution in [0.3, 0.4) is 0 Å². The van der Waals surface area contributed by atoms with Crippen LogP contribution in [0.2, 0.25) is 0 Å². The van der Waals surface area contributed by atoms with Crippen molar-refractivity contribution < 1.29 is 9.53 Å². The molecule has 1 rings (SSSR count). The van der Waals surface area contributed by atoms with Gasteiger partial charge < -0.3 is 10.1 Å². The van der Waals surface area contributed by atoms with Crippen molar-refractivity contribution in [2.75, 3.05) is 19.0 Å². The van der Waals surface area contributed by atoms with Gasteiger partial charge in [0, 0.05) is 17.2 Å². The molecule has 0 aliphatic rings. The summed E-state index contributed by atoms with van der Waals surface area (Å²) >= 11 is 3.29. The lowest BCUT2D eigenvalue weighted by molar-refractivity contribution is 0.0601. The van der Waals surface area contributed by atoms with Crippen LogP contribution in [0.15, 0.2) is 16.7 Å². The van der Waals surface area contributed by atoms with Gasteiger partial charge in [-0.1, -0.05) is 20.3 Å². The summed E-state index contributed by atoms with van der Waals surface area (Å²) in [4.78, 5) is 15.8. The molecule has 0 fully saturated rings. The van der Waals surface area contributed by atoms with Gasteiger partial charge in [0.15, 0.2) is 0 Å². The summed E-state index contributed by atoms with van der Waals surface area (Å²) in [6, 6.07) is 1.71. The van der Waals surface area contributed by atoms with Gasteiger partial charge in [0.05, 0.1) is 7.11 Å². The SMILES string of the molecule is CCC(C)CNc1ncc(Br)cc1C(=O)OC. The number of halogens is 1. The fraction of sp³-hybridized carbons (Fsp3) is 0.500. The van der Waals surface area contributed by atoms with Crippen LogP contribution >= 0.6 is 15.9 Å². The first-order chi connectivity index (χ1) is 8.08. The predicted octanol–water partition coefficient (Wildman–Crippen LogP) is 3.09. The van der Waals surface area contributed by atoms with E-state index < -0.39 is 0 Å². The Morgan fingerprint density at radius 2 is 2.35 bits per heavy atom. The Morgan fingerprint density at radius 3 is 2.94 bits per heavy atom. The van der Waals surface area contributed by atoms with Crippen LogP contribution < -0.4 is 5.32 Å². The molecular weight excluding hydrogens is 284 g/mol. The highest BCUT2D eigenvalue weighted by Crippen LogP contribution is 2.19. The van der Waals surface area contributed by atoms with Gasteiger partial charge in [-0.3, -0.25) is 0 Å². The van der Waals surface area contributed by atoms with E-state index in [-0.39, 0.29) is 5.97 Å². The van der Waals surface area contributed by atoms with Crippen molar-refractivity contribution in [1.29, 1.82) is 0 Å². The summed E-state index contributed by atoms with van der Waals surface area (Å²) in [5.74, 6) is 0.719. The number of hydrogen-bond donors (Lipinski definition) is 1. The number of ether oxygens (including phenoxy) is 1. The standard InChI is InChI=1S/C12H17BrN2O2/c1-4-8(2)6-14-11-10(12(16)17-3)5-9(13)7-15-11/h5,7-8H,4,6H2,1-3H3,(H,14,15). The second-order valence-corrected chi connectivity index (χ2v) is 4.85. The normalized spacial score (nSPS) is 12.0. The van der Waals surface area contributed by atoms with E-state index in [0.29, 0.717) is 17.3 Å². The minimum absolute atomic E-state index is 0.384. The van der Waals surface area contributed by atoms with E-state index in [0.717, 1.165) is 17.4 Å². The average molecular weight is 301 g/mol. The van der Waals surface area contributed by atoms with Crippen molar-refractivity contribution in [2.24, 2.45) is 5.92 Å². The topological polar surface area (TPSA) is 51.2 Å². The lowest BCUT2D eigenvalue weighted by atomic mass is 10.1. The number of methoxy groups -OCH3 is 1. The minimum Gasteiger partial charge on any atom is -0.465 e. The second-order valence-electron chi connectivity index (χ2n) is 3.94. The third-order valence-corrected chi connectivity index (χ3v) is 3.01. The molecule has 0 aromatic carbocycles. The lowest BCUT2D eigenvalue weighted by Gasteiger charge is -2.13. The van der Waals surface area contributed by atoms with Crippen LogP contribution in [0.25, 0.3) is 0 Å². The van der Waals surface area contributed by atoms with Gasteiger partial charge in [-0.05, 0) is 27.9 Å². The molecule has 0 saturated carbocycles. The highest BCUT2D eigenvalue weighted by Gasteiger charge is 2.14. The van der Waals surface area contributed by atoms with Crippen LogP contribution in [-0.2, 0) is 4.74 Å². The molecule has 0 bridgehead atoms. The minimum atomic E-state index is -0.384.